The van der Waals surface area contributed by atoms with E-state index in [1.165, 1.54) is 10.8 Å². The van der Waals surface area contributed by atoms with Gasteiger partial charge in [-0.3, -0.25) is 14.3 Å². The first-order valence-electron chi connectivity index (χ1n) is 8.43. The van der Waals surface area contributed by atoms with Crippen molar-refractivity contribution in [2.24, 2.45) is 0 Å². The Labute approximate surface area is 155 Å². The minimum absolute atomic E-state index is 0.0444. The summed E-state index contributed by atoms with van der Waals surface area (Å²) in [6.45, 7) is 1.65. The number of aromatic amines is 1. The normalized spacial score (nSPS) is 18.9. The molecule has 27 heavy (non-hydrogen) atoms. The van der Waals surface area contributed by atoms with Crippen LogP contribution in [0.2, 0.25) is 0 Å². The van der Waals surface area contributed by atoms with Crippen LogP contribution < -0.4 is 16.0 Å². The average molecular weight is 372 g/mol. The summed E-state index contributed by atoms with van der Waals surface area (Å²) in [6, 6.07) is 6.59. The molecule has 8 heteroatoms. The Balaban J connectivity index is 1.63. The van der Waals surface area contributed by atoms with Crippen LogP contribution in [-0.4, -0.2) is 35.3 Å². The molecule has 1 aliphatic rings. The molecule has 2 heterocycles. The minimum Gasteiger partial charge on any atom is -0.497 e. The van der Waals surface area contributed by atoms with Gasteiger partial charge >= 0.3 is 11.7 Å². The topological polar surface area (TPSA) is 99.6 Å². The second-order valence-electron chi connectivity index (χ2n) is 6.12. The lowest BCUT2D eigenvalue weighted by molar-refractivity contribution is -0.0639. The van der Waals surface area contributed by atoms with Gasteiger partial charge in [-0.15, -0.1) is 0 Å². The summed E-state index contributed by atoms with van der Waals surface area (Å²) in [7, 11) is 1.55. The van der Waals surface area contributed by atoms with Crippen molar-refractivity contribution in [1.82, 2.24) is 9.55 Å². The van der Waals surface area contributed by atoms with Gasteiger partial charge in [-0.2, -0.15) is 0 Å². The number of hydrogen-bond donors (Lipinski definition) is 1. The van der Waals surface area contributed by atoms with Gasteiger partial charge in [0.1, 0.15) is 12.4 Å². The summed E-state index contributed by atoms with van der Waals surface area (Å²) in [5, 5.41) is 0. The molecule has 0 saturated heterocycles. The number of aromatic nitrogens is 2. The SMILES string of the molecule is COc1ccc(C(=O)OC[C@@H]2CC=C[C@H](n3cc(C)c(=O)[nH]c3=O)O2)cc1. The molecule has 0 spiro atoms. The van der Waals surface area contributed by atoms with Crippen LogP contribution in [0.5, 0.6) is 5.75 Å². The number of hydrogen-bond acceptors (Lipinski definition) is 6. The third kappa shape index (κ3) is 4.35. The quantitative estimate of drug-likeness (QED) is 0.632. The van der Waals surface area contributed by atoms with Gasteiger partial charge in [-0.05, 0) is 43.7 Å². The Bertz CT molecular complexity index is 957. The molecular weight excluding hydrogens is 352 g/mol. The fourth-order valence-electron chi connectivity index (χ4n) is 2.66. The van der Waals surface area contributed by atoms with Crippen LogP contribution in [0.1, 0.15) is 28.6 Å². The van der Waals surface area contributed by atoms with E-state index >= 15 is 0 Å². The zero-order valence-electron chi connectivity index (χ0n) is 15.0. The van der Waals surface area contributed by atoms with Gasteiger partial charge in [0.2, 0.25) is 0 Å². The second-order valence-corrected chi connectivity index (χ2v) is 6.12. The van der Waals surface area contributed by atoms with Gasteiger partial charge in [0, 0.05) is 11.8 Å². The highest BCUT2D eigenvalue weighted by atomic mass is 16.6. The molecule has 2 aromatic rings. The molecule has 8 nitrogen and oxygen atoms in total. The number of rotatable bonds is 5. The number of methoxy groups -OCH3 is 1. The Morgan fingerprint density at radius 1 is 1.30 bits per heavy atom. The first kappa shape index (κ1) is 18.7. The number of ether oxygens (including phenoxy) is 3. The van der Waals surface area contributed by atoms with Crippen LogP contribution >= 0.6 is 0 Å². The summed E-state index contributed by atoms with van der Waals surface area (Å²) < 4.78 is 17.5. The highest BCUT2D eigenvalue weighted by Gasteiger charge is 2.22. The molecule has 0 radical (unpaired) electrons. The Kier molecular flexibility index (Phi) is 5.56. The summed E-state index contributed by atoms with van der Waals surface area (Å²) >= 11 is 0. The molecule has 1 N–H and O–H groups in total. The van der Waals surface area contributed by atoms with Crippen LogP contribution in [0.25, 0.3) is 0 Å². The van der Waals surface area contributed by atoms with Crippen molar-refractivity contribution in [3.8, 4) is 5.75 Å². The summed E-state index contributed by atoms with van der Waals surface area (Å²) in [6.07, 6.45) is 4.49. The minimum atomic E-state index is -0.675. The third-order valence-corrected chi connectivity index (χ3v) is 4.18. The summed E-state index contributed by atoms with van der Waals surface area (Å²) in [4.78, 5) is 37.9. The molecule has 0 fully saturated rings. The fraction of sp³-hybridized carbons (Fsp3) is 0.316. The molecule has 142 valence electrons. The van der Waals surface area contributed by atoms with Crippen LogP contribution in [0, 0.1) is 6.92 Å². The van der Waals surface area contributed by atoms with E-state index in [1.54, 1.807) is 44.4 Å². The molecule has 1 aliphatic heterocycles. The van der Waals surface area contributed by atoms with Crippen LogP contribution in [0.3, 0.4) is 0 Å². The monoisotopic (exact) mass is 372 g/mol. The molecule has 1 aromatic carbocycles. The van der Waals surface area contributed by atoms with Gasteiger partial charge in [-0.25, -0.2) is 9.59 Å². The molecule has 2 atom stereocenters. The highest BCUT2D eigenvalue weighted by molar-refractivity contribution is 5.89. The van der Waals surface area contributed by atoms with Gasteiger partial charge in [0.15, 0.2) is 6.23 Å². The predicted molar refractivity (Wildman–Crippen MR) is 97.0 cm³/mol. The third-order valence-electron chi connectivity index (χ3n) is 4.18. The zero-order valence-corrected chi connectivity index (χ0v) is 15.0. The van der Waals surface area contributed by atoms with E-state index < -0.39 is 29.6 Å². The highest BCUT2D eigenvalue weighted by Crippen LogP contribution is 2.20. The van der Waals surface area contributed by atoms with Crippen LogP contribution in [0.15, 0.2) is 52.2 Å². The number of aryl methyl sites for hydroxylation is 1. The maximum absolute atomic E-state index is 12.1. The number of nitrogens with one attached hydrogen (secondary N) is 1. The molecule has 1 aromatic heterocycles. The summed E-state index contributed by atoms with van der Waals surface area (Å²) in [5.74, 6) is 0.182. The lowest BCUT2D eigenvalue weighted by atomic mass is 10.2. The fourth-order valence-corrected chi connectivity index (χ4v) is 2.66. The van der Waals surface area contributed by atoms with Gasteiger partial charge in [0.25, 0.3) is 5.56 Å². The zero-order chi connectivity index (χ0) is 19.4. The van der Waals surface area contributed by atoms with Crippen molar-refractivity contribution < 1.29 is 19.0 Å². The van der Waals surface area contributed by atoms with E-state index in [0.29, 0.717) is 23.3 Å². The van der Waals surface area contributed by atoms with E-state index in [2.05, 4.69) is 4.98 Å². The van der Waals surface area contributed by atoms with E-state index in [9.17, 15) is 14.4 Å². The number of benzene rings is 1. The van der Waals surface area contributed by atoms with Crippen LogP contribution in [-0.2, 0) is 9.47 Å². The molecule has 0 bridgehead atoms. The van der Waals surface area contributed by atoms with Crippen molar-refractivity contribution in [2.45, 2.75) is 25.7 Å². The summed E-state index contributed by atoms with van der Waals surface area (Å²) in [5.41, 5.74) is -0.178. The maximum Gasteiger partial charge on any atom is 0.338 e. The largest absolute Gasteiger partial charge is 0.497 e. The molecule has 3 rings (SSSR count). The van der Waals surface area contributed by atoms with E-state index in [1.807, 2.05) is 6.08 Å². The number of H-pyrrole nitrogens is 1. The van der Waals surface area contributed by atoms with Crippen molar-refractivity contribution >= 4 is 5.97 Å². The standard InChI is InChI=1S/C19H20N2O6/c1-12-10-21(19(24)20-17(12)22)16-5-3-4-15(27-16)11-26-18(23)13-6-8-14(25-2)9-7-13/h3,5-10,15-16H,4,11H2,1-2H3,(H,20,22,24)/t15-,16+/m0/s1. The molecule has 0 aliphatic carbocycles. The predicted octanol–water partition coefficient (Wildman–Crippen LogP) is 1.55. The van der Waals surface area contributed by atoms with E-state index in [0.717, 1.165) is 0 Å². The van der Waals surface area contributed by atoms with E-state index in [-0.39, 0.29) is 6.61 Å². The van der Waals surface area contributed by atoms with Crippen molar-refractivity contribution in [3.63, 3.8) is 0 Å². The number of carbonyl (C=O) groups excluding carboxylic acids is 1. The molecule has 0 saturated carbocycles. The molecular formula is C19H20N2O6. The maximum atomic E-state index is 12.1. The lowest BCUT2D eigenvalue weighted by Gasteiger charge is -2.26. The second kappa shape index (κ2) is 8.05. The number of nitrogens with zero attached hydrogens (tertiary/aromatic N) is 1. The Morgan fingerprint density at radius 2 is 2.04 bits per heavy atom. The molecule has 0 amide bonds. The first-order valence-corrected chi connectivity index (χ1v) is 8.43. The lowest BCUT2D eigenvalue weighted by Crippen LogP contribution is -2.37. The smallest absolute Gasteiger partial charge is 0.338 e. The molecule has 0 unspecified atom stereocenters. The van der Waals surface area contributed by atoms with Gasteiger partial charge in [-0.1, -0.05) is 6.08 Å². The first-order chi connectivity index (χ1) is 13.0. The van der Waals surface area contributed by atoms with Crippen LogP contribution in [0.4, 0.5) is 0 Å². The van der Waals surface area contributed by atoms with Gasteiger partial charge < -0.3 is 14.2 Å². The number of carbonyl (C=O) groups is 1. The average Bonchev–Trinajstić information content (AvgIpc) is 2.69. The Morgan fingerprint density at radius 3 is 2.74 bits per heavy atom. The Hall–Kier alpha value is -3.13. The van der Waals surface area contributed by atoms with E-state index in [4.69, 9.17) is 14.2 Å². The van der Waals surface area contributed by atoms with Gasteiger partial charge in [0.05, 0.1) is 18.8 Å². The van der Waals surface area contributed by atoms with Crippen molar-refractivity contribution in [1.29, 1.82) is 0 Å². The van der Waals surface area contributed by atoms with Crippen molar-refractivity contribution in [3.05, 3.63) is 74.6 Å². The number of esters is 1. The van der Waals surface area contributed by atoms with Crippen molar-refractivity contribution in [2.75, 3.05) is 13.7 Å².